The van der Waals surface area contributed by atoms with Gasteiger partial charge in [0.15, 0.2) is 0 Å². The second-order valence-corrected chi connectivity index (χ2v) is 15.1. The minimum Gasteiger partial charge on any atom is -0.481 e. The van der Waals surface area contributed by atoms with Gasteiger partial charge in [0.1, 0.15) is 0 Å². The fourth-order valence-electron chi connectivity index (χ4n) is 10.3. The molecule has 5 rings (SSSR count). The number of allylic oxidation sites excluding steroid dienone is 4. The Bertz CT molecular complexity index is 994. The average Bonchev–Trinajstić information content (AvgIpc) is 2.73. The fourth-order valence-corrected chi connectivity index (χ4v) is 10.3. The number of aliphatic hydroxyl groups excluding tert-OH is 2. The lowest BCUT2D eigenvalue weighted by atomic mass is 9.35. The van der Waals surface area contributed by atoms with E-state index in [4.69, 9.17) is 0 Å². The topological polar surface area (TPSA) is 77.8 Å². The molecule has 0 aromatic rings. The molecule has 5 aliphatic carbocycles. The highest BCUT2D eigenvalue weighted by Crippen LogP contribution is 2.74. The van der Waals surface area contributed by atoms with Gasteiger partial charge in [0.25, 0.3) is 0 Å². The molecule has 0 unspecified atom stereocenters. The van der Waals surface area contributed by atoms with Gasteiger partial charge < -0.3 is 15.3 Å². The SMILES string of the molecule is CC1(C)[C@@H](O)CC[C@]2(C)[C@H]3C=CC4=C5C[C@](C)(CC(=O)O)[C@H](O)C[C@]5(C)CC[C@@]4(C)[C@]3(C)CC[C@@H]12. The summed E-state index contributed by atoms with van der Waals surface area (Å²) >= 11 is 0. The molecule has 4 heteroatoms. The van der Waals surface area contributed by atoms with Crippen molar-refractivity contribution in [1.82, 2.24) is 0 Å². The van der Waals surface area contributed by atoms with Gasteiger partial charge in [-0.2, -0.15) is 0 Å². The number of hydrogen-bond donors (Lipinski definition) is 3. The highest BCUT2D eigenvalue weighted by Gasteiger charge is 2.66. The van der Waals surface area contributed by atoms with Gasteiger partial charge in [-0.3, -0.25) is 4.79 Å². The molecule has 3 N–H and O–H groups in total. The zero-order chi connectivity index (χ0) is 25.8. The molecule has 0 saturated heterocycles. The highest BCUT2D eigenvalue weighted by atomic mass is 16.4. The van der Waals surface area contributed by atoms with Crippen LogP contribution in [0.4, 0.5) is 0 Å². The number of carbonyl (C=O) groups is 1. The number of carboxylic acid groups (broad SMARTS) is 1. The van der Waals surface area contributed by atoms with Crippen LogP contribution in [0.25, 0.3) is 0 Å². The van der Waals surface area contributed by atoms with Crippen molar-refractivity contribution >= 4 is 5.97 Å². The molecule has 5 aliphatic rings. The van der Waals surface area contributed by atoms with E-state index < -0.39 is 17.5 Å². The van der Waals surface area contributed by atoms with E-state index in [1.807, 2.05) is 6.92 Å². The normalized spacial score (nSPS) is 52.7. The third-order valence-electron chi connectivity index (χ3n) is 13.0. The third kappa shape index (κ3) is 3.20. The molecule has 0 radical (unpaired) electrons. The molecule has 196 valence electrons. The van der Waals surface area contributed by atoms with E-state index >= 15 is 0 Å². The number of carboxylic acids is 1. The van der Waals surface area contributed by atoms with Gasteiger partial charge in [-0.15, -0.1) is 0 Å². The van der Waals surface area contributed by atoms with Gasteiger partial charge in [-0.05, 0) is 95.9 Å². The van der Waals surface area contributed by atoms with E-state index in [0.29, 0.717) is 24.7 Å². The van der Waals surface area contributed by atoms with Crippen molar-refractivity contribution in [3.8, 4) is 0 Å². The van der Waals surface area contributed by atoms with Gasteiger partial charge in [-0.1, -0.05) is 66.2 Å². The standard InChI is InChI=1S/C31H48O4/c1-26(2)21-10-13-31(7)22(29(21,5)12-11-23(26)32)9-8-19-20-16-28(4,18-25(34)35)24(33)17-27(20,3)14-15-30(19,31)6/h8-9,21-24,32-33H,10-18H2,1-7H3,(H,34,35)/t21-,22+,23-,24+,27-,28+,29-,30+,31+/m0/s1. The quantitative estimate of drug-likeness (QED) is 0.417. The minimum absolute atomic E-state index is 0.0124. The molecule has 0 aromatic heterocycles. The van der Waals surface area contributed by atoms with Gasteiger partial charge in [-0.25, -0.2) is 0 Å². The molecule has 0 heterocycles. The number of fused-ring (bicyclic) bond motifs is 6. The van der Waals surface area contributed by atoms with Crippen LogP contribution in [-0.2, 0) is 4.79 Å². The second kappa shape index (κ2) is 7.47. The maximum atomic E-state index is 11.7. The first kappa shape index (κ1) is 25.5. The van der Waals surface area contributed by atoms with E-state index in [1.54, 1.807) is 0 Å². The molecule has 0 aromatic carbocycles. The lowest BCUT2D eigenvalue weighted by Gasteiger charge is -2.69. The number of aliphatic carboxylic acids is 1. The first-order valence-electron chi connectivity index (χ1n) is 14.0. The van der Waals surface area contributed by atoms with Crippen LogP contribution in [-0.4, -0.2) is 33.5 Å². The molecule has 3 saturated carbocycles. The van der Waals surface area contributed by atoms with E-state index in [0.717, 1.165) is 38.5 Å². The van der Waals surface area contributed by atoms with Crippen LogP contribution in [0.5, 0.6) is 0 Å². The van der Waals surface area contributed by atoms with Crippen molar-refractivity contribution in [2.24, 2.45) is 44.3 Å². The summed E-state index contributed by atoms with van der Waals surface area (Å²) in [5.74, 6) is 0.162. The molecule has 4 nitrogen and oxygen atoms in total. The van der Waals surface area contributed by atoms with Crippen LogP contribution in [0.3, 0.4) is 0 Å². The van der Waals surface area contributed by atoms with E-state index in [2.05, 4.69) is 53.7 Å². The summed E-state index contributed by atoms with van der Waals surface area (Å²) in [6.07, 6.45) is 12.0. The van der Waals surface area contributed by atoms with Gasteiger partial charge in [0, 0.05) is 5.41 Å². The predicted molar refractivity (Wildman–Crippen MR) is 139 cm³/mol. The summed E-state index contributed by atoms with van der Waals surface area (Å²) < 4.78 is 0. The number of aliphatic hydroxyl groups is 2. The minimum atomic E-state index is -0.820. The Kier molecular flexibility index (Phi) is 5.44. The molecular weight excluding hydrogens is 436 g/mol. The molecule has 0 amide bonds. The monoisotopic (exact) mass is 484 g/mol. The fraction of sp³-hybridized carbons (Fsp3) is 0.839. The third-order valence-corrected chi connectivity index (χ3v) is 13.0. The number of hydrogen-bond acceptors (Lipinski definition) is 3. The summed E-state index contributed by atoms with van der Waals surface area (Å²) in [6.45, 7) is 16.4. The van der Waals surface area contributed by atoms with E-state index in [9.17, 15) is 20.1 Å². The van der Waals surface area contributed by atoms with Crippen molar-refractivity contribution in [1.29, 1.82) is 0 Å². The summed E-state index contributed by atoms with van der Waals surface area (Å²) in [4.78, 5) is 11.7. The van der Waals surface area contributed by atoms with Crippen LogP contribution in [0.15, 0.2) is 23.3 Å². The molecule has 9 atom stereocenters. The zero-order valence-electron chi connectivity index (χ0n) is 23.1. The Labute approximate surface area is 212 Å². The lowest BCUT2D eigenvalue weighted by molar-refractivity contribution is -0.182. The van der Waals surface area contributed by atoms with Crippen LogP contribution in [0.2, 0.25) is 0 Å². The molecule has 35 heavy (non-hydrogen) atoms. The Hall–Kier alpha value is -1.13. The van der Waals surface area contributed by atoms with Crippen LogP contribution < -0.4 is 0 Å². The Morgan fingerprint density at radius 2 is 1.63 bits per heavy atom. The van der Waals surface area contributed by atoms with Crippen LogP contribution in [0, 0.1) is 44.3 Å². The average molecular weight is 485 g/mol. The Balaban J connectivity index is 1.63. The van der Waals surface area contributed by atoms with Gasteiger partial charge >= 0.3 is 5.97 Å². The first-order valence-corrected chi connectivity index (χ1v) is 14.0. The van der Waals surface area contributed by atoms with Gasteiger partial charge in [0.05, 0.1) is 18.6 Å². The molecule has 3 fully saturated rings. The van der Waals surface area contributed by atoms with Crippen molar-refractivity contribution < 1.29 is 20.1 Å². The molecule has 0 bridgehead atoms. The summed E-state index contributed by atoms with van der Waals surface area (Å²) in [7, 11) is 0. The van der Waals surface area contributed by atoms with E-state index in [-0.39, 0.29) is 39.6 Å². The lowest BCUT2D eigenvalue weighted by Crippen LogP contribution is -2.63. The van der Waals surface area contributed by atoms with Crippen molar-refractivity contribution in [3.63, 3.8) is 0 Å². The van der Waals surface area contributed by atoms with Crippen molar-refractivity contribution in [2.45, 2.75) is 118 Å². The zero-order valence-corrected chi connectivity index (χ0v) is 23.1. The predicted octanol–water partition coefficient (Wildman–Crippen LogP) is 6.51. The first-order chi connectivity index (χ1) is 16.0. The van der Waals surface area contributed by atoms with Crippen LogP contribution >= 0.6 is 0 Å². The Morgan fingerprint density at radius 1 is 0.943 bits per heavy atom. The second-order valence-electron chi connectivity index (χ2n) is 15.1. The van der Waals surface area contributed by atoms with Crippen molar-refractivity contribution in [3.05, 3.63) is 23.3 Å². The molecule has 0 aliphatic heterocycles. The molecular formula is C31H48O4. The van der Waals surface area contributed by atoms with Crippen molar-refractivity contribution in [2.75, 3.05) is 0 Å². The summed E-state index contributed by atoms with van der Waals surface area (Å²) in [5.41, 5.74) is 2.48. The summed E-state index contributed by atoms with van der Waals surface area (Å²) in [6, 6.07) is 0. The maximum absolute atomic E-state index is 11.7. The van der Waals surface area contributed by atoms with Crippen LogP contribution in [0.1, 0.15) is 106 Å². The van der Waals surface area contributed by atoms with Gasteiger partial charge in [0.2, 0.25) is 0 Å². The maximum Gasteiger partial charge on any atom is 0.304 e. The highest BCUT2D eigenvalue weighted by molar-refractivity contribution is 5.68. The largest absolute Gasteiger partial charge is 0.481 e. The summed E-state index contributed by atoms with van der Waals surface area (Å²) in [5, 5.41) is 31.6. The van der Waals surface area contributed by atoms with E-state index in [1.165, 1.54) is 11.1 Å². The number of rotatable bonds is 2. The smallest absolute Gasteiger partial charge is 0.304 e. The Morgan fingerprint density at radius 3 is 2.29 bits per heavy atom. The molecule has 0 spiro atoms.